The minimum atomic E-state index is -0.348. The maximum Gasteiger partial charge on any atom is 0.248 e. The Morgan fingerprint density at radius 1 is 1.38 bits per heavy atom. The Bertz CT molecular complexity index is 523. The van der Waals surface area contributed by atoms with Crippen molar-refractivity contribution in [2.45, 2.75) is 51.2 Å². The summed E-state index contributed by atoms with van der Waals surface area (Å²) in [6.45, 7) is 5.40. The molecule has 1 aromatic carbocycles. The van der Waals surface area contributed by atoms with Crippen LogP contribution in [0.2, 0.25) is 0 Å². The van der Waals surface area contributed by atoms with Gasteiger partial charge >= 0.3 is 0 Å². The molecule has 0 bridgehead atoms. The van der Waals surface area contributed by atoms with Gasteiger partial charge in [-0.2, -0.15) is 0 Å². The molecule has 1 amide bonds. The van der Waals surface area contributed by atoms with E-state index in [9.17, 15) is 4.79 Å². The molecule has 114 valence electrons. The van der Waals surface area contributed by atoms with Crippen LogP contribution in [-0.2, 0) is 6.54 Å². The van der Waals surface area contributed by atoms with Crippen LogP contribution in [0.3, 0.4) is 0 Å². The molecule has 2 atom stereocenters. The number of nitrogens with one attached hydrogen (secondary N) is 1. The fourth-order valence-corrected chi connectivity index (χ4v) is 3.79. The second-order valence-electron chi connectivity index (χ2n) is 6.39. The smallest absolute Gasteiger partial charge is 0.248 e. The van der Waals surface area contributed by atoms with Crippen LogP contribution in [-0.4, -0.2) is 36.0 Å². The zero-order valence-electron chi connectivity index (χ0n) is 12.8. The molecule has 2 unspecified atom stereocenters. The van der Waals surface area contributed by atoms with E-state index in [4.69, 9.17) is 5.73 Å². The SMILES string of the molecule is Cc1cc(C(N)=O)ccc1CN1CCCC1C1CCCN1. The van der Waals surface area contributed by atoms with Crippen molar-refractivity contribution in [2.24, 2.45) is 5.73 Å². The average molecular weight is 287 g/mol. The molecule has 0 radical (unpaired) electrons. The van der Waals surface area contributed by atoms with Gasteiger partial charge in [-0.3, -0.25) is 9.69 Å². The second kappa shape index (κ2) is 6.16. The zero-order chi connectivity index (χ0) is 14.8. The summed E-state index contributed by atoms with van der Waals surface area (Å²) in [6, 6.07) is 7.16. The highest BCUT2D eigenvalue weighted by atomic mass is 16.1. The van der Waals surface area contributed by atoms with Gasteiger partial charge in [0.25, 0.3) is 0 Å². The molecule has 0 saturated carbocycles. The number of nitrogens with two attached hydrogens (primary N) is 1. The van der Waals surface area contributed by atoms with Gasteiger partial charge in [0, 0.05) is 24.2 Å². The van der Waals surface area contributed by atoms with Gasteiger partial charge in [0.15, 0.2) is 0 Å². The van der Waals surface area contributed by atoms with Gasteiger partial charge in [0.05, 0.1) is 0 Å². The molecule has 2 heterocycles. The van der Waals surface area contributed by atoms with Crippen LogP contribution >= 0.6 is 0 Å². The van der Waals surface area contributed by atoms with Crippen LogP contribution < -0.4 is 11.1 Å². The number of rotatable bonds is 4. The number of aryl methyl sites for hydroxylation is 1. The highest BCUT2D eigenvalue weighted by molar-refractivity contribution is 5.93. The van der Waals surface area contributed by atoms with Crippen molar-refractivity contribution in [3.8, 4) is 0 Å². The average Bonchev–Trinajstić information content (AvgIpc) is 3.11. The third kappa shape index (κ3) is 3.11. The molecule has 2 saturated heterocycles. The van der Waals surface area contributed by atoms with Gasteiger partial charge in [-0.1, -0.05) is 6.07 Å². The predicted molar refractivity (Wildman–Crippen MR) is 84.2 cm³/mol. The Morgan fingerprint density at radius 2 is 2.24 bits per heavy atom. The van der Waals surface area contributed by atoms with E-state index < -0.39 is 0 Å². The van der Waals surface area contributed by atoms with Gasteiger partial charge in [-0.15, -0.1) is 0 Å². The summed E-state index contributed by atoms with van der Waals surface area (Å²) >= 11 is 0. The van der Waals surface area contributed by atoms with E-state index in [-0.39, 0.29) is 5.91 Å². The number of primary amides is 1. The van der Waals surface area contributed by atoms with E-state index in [1.54, 1.807) is 0 Å². The van der Waals surface area contributed by atoms with Crippen LogP contribution in [0.5, 0.6) is 0 Å². The first-order valence-corrected chi connectivity index (χ1v) is 8.02. The molecule has 2 fully saturated rings. The summed E-state index contributed by atoms with van der Waals surface area (Å²) in [6.07, 6.45) is 5.21. The Hall–Kier alpha value is -1.39. The molecule has 1 aromatic rings. The molecule has 2 aliphatic rings. The number of nitrogens with zero attached hydrogens (tertiary/aromatic N) is 1. The number of hydrogen-bond acceptors (Lipinski definition) is 3. The molecule has 0 aromatic heterocycles. The largest absolute Gasteiger partial charge is 0.366 e. The van der Waals surface area contributed by atoms with E-state index in [1.165, 1.54) is 44.3 Å². The molecule has 3 N–H and O–H groups in total. The Labute approximate surface area is 126 Å². The molecule has 0 spiro atoms. The van der Waals surface area contributed by atoms with E-state index in [1.807, 2.05) is 12.1 Å². The minimum Gasteiger partial charge on any atom is -0.366 e. The highest BCUT2D eigenvalue weighted by Crippen LogP contribution is 2.27. The van der Waals surface area contributed by atoms with Gasteiger partial charge < -0.3 is 11.1 Å². The zero-order valence-corrected chi connectivity index (χ0v) is 12.8. The van der Waals surface area contributed by atoms with E-state index in [0.717, 1.165) is 12.1 Å². The van der Waals surface area contributed by atoms with E-state index >= 15 is 0 Å². The third-order valence-electron chi connectivity index (χ3n) is 4.98. The van der Waals surface area contributed by atoms with Crippen molar-refractivity contribution in [3.63, 3.8) is 0 Å². The minimum absolute atomic E-state index is 0.348. The van der Waals surface area contributed by atoms with Gasteiger partial charge in [-0.25, -0.2) is 0 Å². The first-order valence-electron chi connectivity index (χ1n) is 8.02. The van der Waals surface area contributed by atoms with Gasteiger partial charge in [0.2, 0.25) is 5.91 Å². The van der Waals surface area contributed by atoms with Crippen LogP contribution in [0.15, 0.2) is 18.2 Å². The van der Waals surface area contributed by atoms with Gasteiger partial charge in [0.1, 0.15) is 0 Å². The lowest BCUT2D eigenvalue weighted by molar-refractivity contribution is 0.1000. The van der Waals surface area contributed by atoms with Crippen LogP contribution in [0.25, 0.3) is 0 Å². The summed E-state index contributed by atoms with van der Waals surface area (Å²) in [5, 5.41) is 3.65. The Kier molecular flexibility index (Phi) is 4.27. The summed E-state index contributed by atoms with van der Waals surface area (Å²) in [5.74, 6) is -0.348. The molecule has 2 aliphatic heterocycles. The summed E-state index contributed by atoms with van der Waals surface area (Å²) in [7, 11) is 0. The predicted octanol–water partition coefficient (Wildman–Crippen LogP) is 1.81. The summed E-state index contributed by atoms with van der Waals surface area (Å²) in [4.78, 5) is 13.8. The van der Waals surface area contributed by atoms with Crippen molar-refractivity contribution in [3.05, 3.63) is 34.9 Å². The summed E-state index contributed by atoms with van der Waals surface area (Å²) < 4.78 is 0. The maximum atomic E-state index is 11.2. The van der Waals surface area contributed by atoms with Crippen molar-refractivity contribution in [2.75, 3.05) is 13.1 Å². The molecule has 3 rings (SSSR count). The lowest BCUT2D eigenvalue weighted by Gasteiger charge is -2.30. The number of amides is 1. The highest BCUT2D eigenvalue weighted by Gasteiger charge is 2.33. The first-order chi connectivity index (χ1) is 10.1. The Balaban J connectivity index is 1.71. The maximum absolute atomic E-state index is 11.2. The standard InChI is InChI=1S/C17H25N3O/c1-12-10-13(17(18)21)6-7-14(12)11-20-9-3-5-16(20)15-4-2-8-19-15/h6-7,10,15-16,19H,2-5,8-9,11H2,1H3,(H2,18,21). The second-order valence-corrected chi connectivity index (χ2v) is 6.39. The van der Waals surface area contributed by atoms with Crippen molar-refractivity contribution < 1.29 is 4.79 Å². The fourth-order valence-electron chi connectivity index (χ4n) is 3.79. The van der Waals surface area contributed by atoms with E-state index in [2.05, 4.69) is 23.2 Å². The lowest BCUT2D eigenvalue weighted by atomic mass is 10.0. The molecular weight excluding hydrogens is 262 g/mol. The lowest BCUT2D eigenvalue weighted by Crippen LogP contribution is -2.43. The molecule has 4 heteroatoms. The molecule has 21 heavy (non-hydrogen) atoms. The van der Waals surface area contributed by atoms with Crippen molar-refractivity contribution >= 4 is 5.91 Å². The number of benzene rings is 1. The quantitative estimate of drug-likeness (QED) is 0.888. The number of carbonyl (C=O) groups excluding carboxylic acids is 1. The molecular formula is C17H25N3O. The molecule has 4 nitrogen and oxygen atoms in total. The van der Waals surface area contributed by atoms with Crippen LogP contribution in [0.4, 0.5) is 0 Å². The first kappa shape index (κ1) is 14.5. The number of likely N-dealkylation sites (tertiary alicyclic amines) is 1. The number of hydrogen-bond donors (Lipinski definition) is 2. The van der Waals surface area contributed by atoms with E-state index in [0.29, 0.717) is 17.6 Å². The Morgan fingerprint density at radius 3 is 2.90 bits per heavy atom. The van der Waals surface area contributed by atoms with Crippen LogP contribution in [0.1, 0.15) is 47.2 Å². The van der Waals surface area contributed by atoms with Crippen molar-refractivity contribution in [1.29, 1.82) is 0 Å². The van der Waals surface area contributed by atoms with Crippen molar-refractivity contribution in [1.82, 2.24) is 10.2 Å². The molecule has 0 aliphatic carbocycles. The summed E-state index contributed by atoms with van der Waals surface area (Å²) in [5.41, 5.74) is 8.42. The topological polar surface area (TPSA) is 58.4 Å². The monoisotopic (exact) mass is 287 g/mol. The third-order valence-corrected chi connectivity index (χ3v) is 4.98. The van der Waals surface area contributed by atoms with Gasteiger partial charge in [-0.05, 0) is 69.0 Å². The number of carbonyl (C=O) groups is 1. The fraction of sp³-hybridized carbons (Fsp3) is 0.588. The van der Waals surface area contributed by atoms with Crippen LogP contribution in [0, 0.1) is 6.92 Å². The normalized spacial score (nSPS) is 26.3.